The summed E-state index contributed by atoms with van der Waals surface area (Å²) in [6, 6.07) is -0.488. The summed E-state index contributed by atoms with van der Waals surface area (Å²) < 4.78 is 50.0. The molecule has 0 amide bonds. The first kappa shape index (κ1) is 16.4. The largest absolute Gasteiger partial charge is 0.280 e. The summed E-state index contributed by atoms with van der Waals surface area (Å²) in [6.07, 6.45) is 4.59. The fourth-order valence-electron chi connectivity index (χ4n) is 2.59. The Bertz CT molecular complexity index is 707. The van der Waals surface area contributed by atoms with Crippen LogP contribution in [0.1, 0.15) is 44.8 Å². The third-order valence-corrected chi connectivity index (χ3v) is 7.15. The molecular formula is C12H21N3O4S2. The summed E-state index contributed by atoms with van der Waals surface area (Å²) in [5.41, 5.74) is 0.376. The Hall–Kier alpha value is -0.930. The van der Waals surface area contributed by atoms with Crippen molar-refractivity contribution in [3.8, 4) is 0 Å². The van der Waals surface area contributed by atoms with E-state index in [1.54, 1.807) is 13.8 Å². The van der Waals surface area contributed by atoms with Gasteiger partial charge in [0.25, 0.3) is 0 Å². The quantitative estimate of drug-likeness (QED) is 0.887. The predicted octanol–water partition coefficient (Wildman–Crippen LogP) is 1.08. The molecule has 1 aromatic rings. The number of H-pyrrole nitrogens is 1. The van der Waals surface area contributed by atoms with Crippen LogP contribution >= 0.6 is 0 Å². The van der Waals surface area contributed by atoms with E-state index in [0.29, 0.717) is 18.7 Å². The van der Waals surface area contributed by atoms with Crippen LogP contribution in [0.25, 0.3) is 0 Å². The van der Waals surface area contributed by atoms with Crippen molar-refractivity contribution in [2.24, 2.45) is 0 Å². The number of nitrogens with one attached hydrogen (secondary N) is 1. The average molecular weight is 335 g/mol. The van der Waals surface area contributed by atoms with Gasteiger partial charge in [0.05, 0.1) is 23.2 Å². The molecule has 0 unspecified atom stereocenters. The highest BCUT2D eigenvalue weighted by atomic mass is 32.2. The van der Waals surface area contributed by atoms with E-state index in [0.717, 1.165) is 19.1 Å². The van der Waals surface area contributed by atoms with Crippen molar-refractivity contribution in [2.75, 3.05) is 12.8 Å². The molecule has 1 fully saturated rings. The highest BCUT2D eigenvalue weighted by molar-refractivity contribution is 7.90. The highest BCUT2D eigenvalue weighted by Gasteiger charge is 2.37. The molecule has 1 N–H and O–H groups in total. The number of sulfonamides is 1. The molecular weight excluding hydrogens is 314 g/mol. The fraction of sp³-hybridized carbons (Fsp3) is 0.750. The number of hydrogen-bond acceptors (Lipinski definition) is 5. The van der Waals surface area contributed by atoms with E-state index in [2.05, 4.69) is 10.2 Å². The van der Waals surface area contributed by atoms with Crippen LogP contribution in [-0.4, -0.2) is 49.4 Å². The van der Waals surface area contributed by atoms with Gasteiger partial charge in [0, 0.05) is 12.8 Å². The highest BCUT2D eigenvalue weighted by Crippen LogP contribution is 2.35. The van der Waals surface area contributed by atoms with Gasteiger partial charge in [-0.1, -0.05) is 6.42 Å². The van der Waals surface area contributed by atoms with Gasteiger partial charge in [-0.25, -0.2) is 16.8 Å². The van der Waals surface area contributed by atoms with Gasteiger partial charge >= 0.3 is 0 Å². The van der Waals surface area contributed by atoms with Crippen LogP contribution in [0.15, 0.2) is 11.1 Å². The lowest BCUT2D eigenvalue weighted by Gasteiger charge is -2.35. The summed E-state index contributed by atoms with van der Waals surface area (Å²) in [6.45, 7) is 3.67. The predicted molar refractivity (Wildman–Crippen MR) is 79.1 cm³/mol. The minimum atomic E-state index is -3.45. The number of nitrogens with zero attached hydrogens (tertiary/aromatic N) is 2. The Balaban J connectivity index is 2.49. The van der Waals surface area contributed by atoms with Crippen molar-refractivity contribution in [3.05, 3.63) is 11.9 Å². The zero-order valence-corrected chi connectivity index (χ0v) is 14.0. The first-order valence-corrected chi connectivity index (χ1v) is 10.3. The Labute approximate surface area is 125 Å². The molecule has 0 saturated carbocycles. The molecule has 21 heavy (non-hydrogen) atoms. The van der Waals surface area contributed by atoms with Crippen LogP contribution < -0.4 is 0 Å². The van der Waals surface area contributed by atoms with Crippen LogP contribution in [-0.2, 0) is 19.9 Å². The van der Waals surface area contributed by atoms with Crippen LogP contribution in [0, 0.1) is 0 Å². The van der Waals surface area contributed by atoms with Gasteiger partial charge in [0.15, 0.2) is 9.84 Å². The summed E-state index contributed by atoms with van der Waals surface area (Å²) >= 11 is 0. The van der Waals surface area contributed by atoms with Gasteiger partial charge in [0.1, 0.15) is 4.90 Å². The number of hydrogen-bond donors (Lipinski definition) is 1. The molecule has 0 bridgehead atoms. The summed E-state index contributed by atoms with van der Waals surface area (Å²) in [4.78, 5) is 0.0818. The topological polar surface area (TPSA) is 100 Å². The van der Waals surface area contributed by atoms with Gasteiger partial charge in [-0.15, -0.1) is 0 Å². The SMILES string of the molecule is CC(C)S(=O)(=O)N1CCCC[C@@H]1c1[nH]ncc1S(C)(=O)=O. The zero-order chi connectivity index (χ0) is 15.8. The number of aromatic nitrogens is 2. The molecule has 0 radical (unpaired) electrons. The maximum absolute atomic E-state index is 12.5. The van der Waals surface area contributed by atoms with Crippen LogP contribution in [0.2, 0.25) is 0 Å². The maximum Gasteiger partial charge on any atom is 0.217 e. The Morgan fingerprint density at radius 2 is 1.95 bits per heavy atom. The molecule has 120 valence electrons. The van der Waals surface area contributed by atoms with Crippen molar-refractivity contribution in [2.45, 2.75) is 49.3 Å². The summed E-state index contributed by atoms with van der Waals surface area (Å²) in [7, 11) is -6.89. The van der Waals surface area contributed by atoms with Gasteiger partial charge in [-0.05, 0) is 26.7 Å². The van der Waals surface area contributed by atoms with Crippen LogP contribution in [0.5, 0.6) is 0 Å². The van der Waals surface area contributed by atoms with Gasteiger partial charge in [-0.3, -0.25) is 5.10 Å². The molecule has 0 spiro atoms. The Kier molecular flexibility index (Phi) is 4.46. The zero-order valence-electron chi connectivity index (χ0n) is 12.4. The smallest absolute Gasteiger partial charge is 0.217 e. The molecule has 0 aliphatic carbocycles. The van der Waals surface area contributed by atoms with E-state index in [-0.39, 0.29) is 4.90 Å². The molecule has 1 aromatic heterocycles. The third-order valence-electron chi connectivity index (χ3n) is 3.74. The van der Waals surface area contributed by atoms with E-state index in [9.17, 15) is 16.8 Å². The Morgan fingerprint density at radius 3 is 2.52 bits per heavy atom. The number of sulfone groups is 1. The van der Waals surface area contributed by atoms with E-state index < -0.39 is 31.2 Å². The normalized spacial score (nSPS) is 21.8. The molecule has 2 rings (SSSR count). The summed E-state index contributed by atoms with van der Waals surface area (Å²) in [5, 5.41) is 5.95. The molecule has 1 aliphatic heterocycles. The monoisotopic (exact) mass is 335 g/mol. The van der Waals surface area contributed by atoms with E-state index in [4.69, 9.17) is 0 Å². The fourth-order valence-corrected chi connectivity index (χ4v) is 4.90. The molecule has 7 nitrogen and oxygen atoms in total. The average Bonchev–Trinajstić information content (AvgIpc) is 2.87. The number of piperidine rings is 1. The number of aromatic amines is 1. The molecule has 0 aromatic carbocycles. The minimum absolute atomic E-state index is 0.0818. The molecule has 2 heterocycles. The lowest BCUT2D eigenvalue weighted by Crippen LogP contribution is -2.42. The lowest BCUT2D eigenvalue weighted by atomic mass is 10.0. The molecule has 1 saturated heterocycles. The van der Waals surface area contributed by atoms with Gasteiger partial charge in [-0.2, -0.15) is 9.40 Å². The Morgan fingerprint density at radius 1 is 1.29 bits per heavy atom. The lowest BCUT2D eigenvalue weighted by molar-refractivity contribution is 0.246. The van der Waals surface area contributed by atoms with Gasteiger partial charge < -0.3 is 0 Å². The minimum Gasteiger partial charge on any atom is -0.280 e. The van der Waals surface area contributed by atoms with Crippen molar-refractivity contribution < 1.29 is 16.8 Å². The van der Waals surface area contributed by atoms with Crippen molar-refractivity contribution in [1.29, 1.82) is 0 Å². The second-order valence-electron chi connectivity index (χ2n) is 5.64. The van der Waals surface area contributed by atoms with Gasteiger partial charge in [0.2, 0.25) is 10.0 Å². The van der Waals surface area contributed by atoms with Crippen LogP contribution in [0.3, 0.4) is 0 Å². The summed E-state index contributed by atoms with van der Waals surface area (Å²) in [5.74, 6) is 0. The first-order valence-electron chi connectivity index (χ1n) is 6.89. The molecule has 1 aliphatic rings. The second-order valence-corrected chi connectivity index (χ2v) is 10.1. The van der Waals surface area contributed by atoms with Crippen LogP contribution in [0.4, 0.5) is 0 Å². The van der Waals surface area contributed by atoms with Crippen molar-refractivity contribution in [3.63, 3.8) is 0 Å². The standard InChI is InChI=1S/C12H21N3O4S2/c1-9(2)21(18,19)15-7-5-4-6-10(15)12-11(8-13-14-12)20(3,16)17/h8-10H,4-7H2,1-3H3,(H,13,14)/t10-/m1/s1. The van der Waals surface area contributed by atoms with Crippen molar-refractivity contribution in [1.82, 2.24) is 14.5 Å². The van der Waals surface area contributed by atoms with E-state index >= 15 is 0 Å². The first-order chi connectivity index (χ1) is 9.65. The second kappa shape index (κ2) is 5.69. The van der Waals surface area contributed by atoms with E-state index in [1.807, 2.05) is 0 Å². The molecule has 9 heteroatoms. The molecule has 1 atom stereocenters. The third kappa shape index (κ3) is 3.14. The van der Waals surface area contributed by atoms with Crippen molar-refractivity contribution >= 4 is 19.9 Å². The number of rotatable bonds is 4. The maximum atomic E-state index is 12.5. The van der Waals surface area contributed by atoms with E-state index in [1.165, 1.54) is 10.5 Å².